The Morgan fingerprint density at radius 3 is 1.60 bits per heavy atom. The lowest BCUT2D eigenvalue weighted by Gasteiger charge is -2.49. The molecular weight excluding hydrogens is 687 g/mol. The fourth-order valence-corrected chi connectivity index (χ4v) is 7.35. The van der Waals surface area contributed by atoms with Crippen molar-refractivity contribution >= 4 is 19.4 Å². The molecule has 2 heterocycles. The zero-order chi connectivity index (χ0) is 36.2. The normalized spacial score (nSPS) is 21.5. The number of hydrogen-bond donors (Lipinski definition) is 1. The first-order valence-corrected chi connectivity index (χ1v) is 22.1. The van der Waals surface area contributed by atoms with Gasteiger partial charge in [-0.05, 0) is 22.3 Å². The molecule has 52 heavy (non-hydrogen) atoms. The van der Waals surface area contributed by atoms with Crippen LogP contribution < -0.4 is 0 Å². The molecule has 0 amide bonds. The van der Waals surface area contributed by atoms with E-state index >= 15 is 0 Å². The second kappa shape index (κ2) is 18.2. The highest BCUT2D eigenvalue weighted by atomic mass is 32.1. The Hall–Kier alpha value is -3.95. The van der Waals surface area contributed by atoms with Crippen LogP contribution in [0.4, 0.5) is 0 Å². The minimum Gasteiger partial charge on any atom is -0.374 e. The van der Waals surface area contributed by atoms with Gasteiger partial charge < -0.3 is 28.8 Å². The van der Waals surface area contributed by atoms with Gasteiger partial charge in [0, 0.05) is 11.6 Å². The van der Waals surface area contributed by atoms with E-state index < -0.39 is 44.2 Å². The van der Waals surface area contributed by atoms with E-state index in [1.807, 2.05) is 127 Å². The number of benzene rings is 4. The molecule has 0 saturated carbocycles. The Balaban J connectivity index is 1.43. The van der Waals surface area contributed by atoms with Crippen LogP contribution >= 0.6 is 11.3 Å². The van der Waals surface area contributed by atoms with E-state index in [-0.39, 0.29) is 13.2 Å². The lowest BCUT2D eigenvalue weighted by atomic mass is 9.84. The summed E-state index contributed by atoms with van der Waals surface area (Å²) in [5.74, 6) is 3.28. The Labute approximate surface area is 312 Å². The summed E-state index contributed by atoms with van der Waals surface area (Å²) in [5, 5.41) is 15.2. The molecule has 4 aromatic carbocycles. The molecule has 0 bridgehead atoms. The first kappa shape index (κ1) is 37.8. The lowest BCUT2D eigenvalue weighted by Crippen LogP contribution is -2.66. The second-order valence-electron chi connectivity index (χ2n) is 14.0. The summed E-state index contributed by atoms with van der Waals surface area (Å²) < 4.78 is 33.9. The third-order valence-electron chi connectivity index (χ3n) is 8.68. The van der Waals surface area contributed by atoms with Crippen molar-refractivity contribution < 1.29 is 28.8 Å². The molecule has 6 rings (SSSR count). The first-order valence-electron chi connectivity index (χ1n) is 17.7. The van der Waals surface area contributed by atoms with Gasteiger partial charge in [-0.1, -0.05) is 147 Å². The molecule has 0 unspecified atom stereocenters. The smallest absolute Gasteiger partial charge is 0.206 e. The second-order valence-corrected chi connectivity index (χ2v) is 19.6. The summed E-state index contributed by atoms with van der Waals surface area (Å²) in [6.07, 6.45) is -2.14. The van der Waals surface area contributed by atoms with Crippen LogP contribution in [-0.2, 0) is 55.7 Å². The van der Waals surface area contributed by atoms with Gasteiger partial charge in [-0.2, -0.15) is 0 Å². The quantitative estimate of drug-likeness (QED) is 0.0865. The van der Waals surface area contributed by atoms with Crippen molar-refractivity contribution in [3.63, 3.8) is 0 Å². The minimum absolute atomic E-state index is 0.177. The predicted octanol–water partition coefficient (Wildman–Crippen LogP) is 7.95. The number of aliphatic hydroxyl groups is 1. The molecular formula is C43H47NO6SSi. The van der Waals surface area contributed by atoms with E-state index in [9.17, 15) is 5.11 Å². The maximum Gasteiger partial charge on any atom is 0.206 e. The van der Waals surface area contributed by atoms with Gasteiger partial charge in [0.1, 0.15) is 43.6 Å². The van der Waals surface area contributed by atoms with Gasteiger partial charge in [-0.25, -0.2) is 4.98 Å². The third-order valence-corrected chi connectivity index (χ3v) is 10.5. The molecule has 1 saturated heterocycles. The monoisotopic (exact) mass is 733 g/mol. The zero-order valence-corrected chi connectivity index (χ0v) is 31.8. The SMILES string of the molecule is C[Si](C)(C)C#C[C@@](O)(c1nccs1)[C@@H]1O[C@H](COCc2ccccc2)[C@@H](OCc2ccccc2)[C@H](OCc2ccccc2)[C@H]1OCc1ccccc1. The molecule has 1 N–H and O–H groups in total. The number of aromatic nitrogens is 1. The van der Waals surface area contributed by atoms with E-state index in [1.165, 1.54) is 11.3 Å². The van der Waals surface area contributed by atoms with Crippen molar-refractivity contribution in [3.05, 3.63) is 160 Å². The van der Waals surface area contributed by atoms with Crippen molar-refractivity contribution in [2.24, 2.45) is 0 Å². The fourth-order valence-electron chi connectivity index (χ4n) is 6.07. The van der Waals surface area contributed by atoms with Gasteiger partial charge in [0.25, 0.3) is 0 Å². The number of rotatable bonds is 15. The number of hydrogen-bond acceptors (Lipinski definition) is 8. The lowest BCUT2D eigenvalue weighted by molar-refractivity contribution is -0.296. The number of thiazole rings is 1. The summed E-state index contributed by atoms with van der Waals surface area (Å²) in [6.45, 7) is 7.86. The van der Waals surface area contributed by atoms with Gasteiger partial charge in [-0.15, -0.1) is 16.9 Å². The third kappa shape index (κ3) is 10.3. The summed E-state index contributed by atoms with van der Waals surface area (Å²) in [5.41, 5.74) is 5.63. The van der Waals surface area contributed by atoms with Gasteiger partial charge in [0.2, 0.25) is 5.60 Å². The van der Waals surface area contributed by atoms with E-state index in [1.54, 1.807) is 6.20 Å². The summed E-state index contributed by atoms with van der Waals surface area (Å²) in [6, 6.07) is 40.0. The molecule has 270 valence electrons. The van der Waals surface area contributed by atoms with E-state index in [4.69, 9.17) is 23.7 Å². The van der Waals surface area contributed by atoms with Gasteiger partial charge in [0.05, 0.1) is 33.0 Å². The van der Waals surface area contributed by atoms with Crippen molar-refractivity contribution in [3.8, 4) is 11.5 Å². The fraction of sp³-hybridized carbons (Fsp3) is 0.326. The number of ether oxygens (including phenoxy) is 5. The van der Waals surface area contributed by atoms with Gasteiger partial charge in [0.15, 0.2) is 0 Å². The molecule has 1 aliphatic heterocycles. The topological polar surface area (TPSA) is 79.3 Å². The highest BCUT2D eigenvalue weighted by molar-refractivity contribution is 7.09. The van der Waals surface area contributed by atoms with E-state index in [0.717, 1.165) is 22.3 Å². The minimum atomic E-state index is -1.97. The molecule has 0 aliphatic carbocycles. The Bertz CT molecular complexity index is 1830. The summed E-state index contributed by atoms with van der Waals surface area (Å²) >= 11 is 1.34. The van der Waals surface area contributed by atoms with E-state index in [2.05, 4.69) is 36.1 Å². The molecule has 0 radical (unpaired) electrons. The van der Waals surface area contributed by atoms with Crippen LogP contribution in [0.5, 0.6) is 0 Å². The highest BCUT2D eigenvalue weighted by Crippen LogP contribution is 2.40. The summed E-state index contributed by atoms with van der Waals surface area (Å²) in [4.78, 5) is 4.60. The molecule has 1 aliphatic rings. The average Bonchev–Trinajstić information content (AvgIpc) is 3.72. The molecule has 7 nitrogen and oxygen atoms in total. The maximum atomic E-state index is 12.9. The Morgan fingerprint density at radius 2 is 1.13 bits per heavy atom. The van der Waals surface area contributed by atoms with E-state index in [0.29, 0.717) is 24.8 Å². The van der Waals surface area contributed by atoms with Crippen molar-refractivity contribution in [1.29, 1.82) is 0 Å². The van der Waals surface area contributed by atoms with Crippen molar-refractivity contribution in [2.75, 3.05) is 6.61 Å². The molecule has 5 aromatic rings. The van der Waals surface area contributed by atoms with Gasteiger partial charge >= 0.3 is 0 Å². The van der Waals surface area contributed by atoms with Crippen molar-refractivity contribution in [1.82, 2.24) is 4.98 Å². The maximum absolute atomic E-state index is 12.9. The molecule has 6 atom stereocenters. The molecule has 1 fully saturated rings. The van der Waals surface area contributed by atoms with Crippen LogP contribution in [0.3, 0.4) is 0 Å². The first-order chi connectivity index (χ1) is 25.3. The zero-order valence-electron chi connectivity index (χ0n) is 30.0. The van der Waals surface area contributed by atoms with Crippen LogP contribution in [0.1, 0.15) is 27.3 Å². The average molecular weight is 734 g/mol. The van der Waals surface area contributed by atoms with Crippen LogP contribution in [0.2, 0.25) is 19.6 Å². The number of nitrogens with zero attached hydrogens (tertiary/aromatic N) is 1. The van der Waals surface area contributed by atoms with Crippen LogP contribution in [0.25, 0.3) is 0 Å². The van der Waals surface area contributed by atoms with Crippen LogP contribution in [0, 0.1) is 11.5 Å². The molecule has 0 spiro atoms. The highest BCUT2D eigenvalue weighted by Gasteiger charge is 2.57. The molecule has 1 aromatic heterocycles. The predicted molar refractivity (Wildman–Crippen MR) is 207 cm³/mol. The van der Waals surface area contributed by atoms with Crippen LogP contribution in [0.15, 0.2) is 133 Å². The van der Waals surface area contributed by atoms with Gasteiger partial charge in [-0.3, -0.25) is 0 Å². The Kier molecular flexibility index (Phi) is 13.2. The van der Waals surface area contributed by atoms with Crippen LogP contribution in [-0.4, -0.2) is 55.3 Å². The Morgan fingerprint density at radius 1 is 0.673 bits per heavy atom. The largest absolute Gasteiger partial charge is 0.374 e. The standard InChI is InChI=1S/C43H47NO6SSi/c1-52(2,3)27-24-43(45,42-44-25-26-51-42)41-40(49-31-36-22-14-7-15-23-36)39(48-30-35-20-12-6-13-21-35)38(47-29-34-18-10-5-11-19-34)37(50-41)32-46-28-33-16-8-4-9-17-33/h4-23,25-26,37-41,45H,28-32H2,1-3H3/t37-,38-,39+,40-,41-,43+/m1/s1. The summed E-state index contributed by atoms with van der Waals surface area (Å²) in [7, 11) is -1.97. The molecule has 9 heteroatoms. The van der Waals surface area contributed by atoms with Crippen molar-refractivity contribution in [2.45, 2.75) is 82.2 Å².